The lowest BCUT2D eigenvalue weighted by Crippen LogP contribution is -2.15. The van der Waals surface area contributed by atoms with Crippen LogP contribution in [0, 0.1) is 12.3 Å². The van der Waals surface area contributed by atoms with Crippen LogP contribution in [0.1, 0.15) is 36.7 Å². The third-order valence-electron chi connectivity index (χ3n) is 5.86. The highest BCUT2D eigenvalue weighted by Crippen LogP contribution is 2.33. The van der Waals surface area contributed by atoms with Gasteiger partial charge in [-0.15, -0.1) is 6.42 Å². The van der Waals surface area contributed by atoms with E-state index in [4.69, 9.17) is 30.6 Å². The highest BCUT2D eigenvalue weighted by Gasteiger charge is 2.15. The molecule has 5 nitrogen and oxygen atoms in total. The smallest absolute Gasteiger partial charge is 0.161 e. The molecule has 0 fully saturated rings. The van der Waals surface area contributed by atoms with Crippen LogP contribution in [0.5, 0.6) is 17.2 Å². The summed E-state index contributed by atoms with van der Waals surface area (Å²) in [7, 11) is 0. The summed E-state index contributed by atoms with van der Waals surface area (Å²) in [6.07, 6.45) is 5.95. The predicted molar refractivity (Wildman–Crippen MR) is 134 cm³/mol. The van der Waals surface area contributed by atoms with Gasteiger partial charge in [0.2, 0.25) is 0 Å². The van der Waals surface area contributed by atoms with E-state index in [0.717, 1.165) is 45.0 Å². The summed E-state index contributed by atoms with van der Waals surface area (Å²) in [5.41, 5.74) is 5.13. The molecule has 2 heterocycles. The lowest BCUT2D eigenvalue weighted by Gasteiger charge is -2.19. The Kier molecular flexibility index (Phi) is 6.05. The molecule has 4 aromatic rings. The van der Waals surface area contributed by atoms with Crippen LogP contribution in [0.2, 0.25) is 0 Å². The van der Waals surface area contributed by atoms with Gasteiger partial charge < -0.3 is 14.2 Å². The fraction of sp³-hybridized carbons (Fsp3) is 0.241. The maximum Gasteiger partial charge on any atom is 0.161 e. The first kappa shape index (κ1) is 21.8. The summed E-state index contributed by atoms with van der Waals surface area (Å²) >= 11 is 0. The number of benzene rings is 3. The third kappa shape index (κ3) is 4.53. The van der Waals surface area contributed by atoms with Gasteiger partial charge in [0, 0.05) is 17.4 Å². The number of nitrogens with zero attached hydrogens (tertiary/aromatic N) is 2. The second-order valence-corrected chi connectivity index (χ2v) is 8.59. The Hall–Kier alpha value is -4.04. The maximum absolute atomic E-state index is 5.75. The molecule has 0 atom stereocenters. The van der Waals surface area contributed by atoms with E-state index in [1.165, 1.54) is 5.56 Å². The van der Waals surface area contributed by atoms with Crippen molar-refractivity contribution in [2.24, 2.45) is 0 Å². The fourth-order valence-electron chi connectivity index (χ4n) is 4.08. The minimum Gasteiger partial charge on any atom is -0.486 e. The minimum absolute atomic E-state index is 0.215. The van der Waals surface area contributed by atoms with Gasteiger partial charge in [-0.1, -0.05) is 50.1 Å². The lowest BCUT2D eigenvalue weighted by atomic mass is 9.99. The summed E-state index contributed by atoms with van der Waals surface area (Å²) in [5, 5.41) is 0.928. The zero-order valence-electron chi connectivity index (χ0n) is 19.4. The molecule has 3 aromatic carbocycles. The molecule has 34 heavy (non-hydrogen) atoms. The summed E-state index contributed by atoms with van der Waals surface area (Å²) in [5.74, 6) is 5.96. The van der Waals surface area contributed by atoms with Crippen molar-refractivity contribution in [2.45, 2.75) is 26.2 Å². The Morgan fingerprint density at radius 1 is 0.941 bits per heavy atom. The van der Waals surface area contributed by atoms with Crippen molar-refractivity contribution in [1.82, 2.24) is 9.97 Å². The van der Waals surface area contributed by atoms with Gasteiger partial charge in [-0.3, -0.25) is 0 Å². The van der Waals surface area contributed by atoms with E-state index >= 15 is 0 Å². The van der Waals surface area contributed by atoms with Crippen molar-refractivity contribution >= 4 is 10.9 Å². The molecule has 0 spiro atoms. The van der Waals surface area contributed by atoms with Crippen LogP contribution in [-0.2, 0) is 6.42 Å². The van der Waals surface area contributed by atoms with E-state index in [0.29, 0.717) is 31.3 Å². The molecule has 1 aliphatic heterocycles. The molecule has 5 heteroatoms. The van der Waals surface area contributed by atoms with Crippen molar-refractivity contribution in [3.05, 3.63) is 77.6 Å². The van der Waals surface area contributed by atoms with Crippen molar-refractivity contribution in [2.75, 3.05) is 19.8 Å². The lowest BCUT2D eigenvalue weighted by molar-refractivity contribution is 0.171. The average molecular weight is 451 g/mol. The predicted octanol–water partition coefficient (Wildman–Crippen LogP) is 5.79. The molecule has 1 aromatic heterocycles. The van der Waals surface area contributed by atoms with Crippen molar-refractivity contribution in [1.29, 1.82) is 0 Å². The summed E-state index contributed by atoms with van der Waals surface area (Å²) < 4.78 is 17.1. The first-order chi connectivity index (χ1) is 16.6. The van der Waals surface area contributed by atoms with Crippen LogP contribution in [0.15, 0.2) is 60.7 Å². The van der Waals surface area contributed by atoms with Crippen LogP contribution >= 0.6 is 0 Å². The van der Waals surface area contributed by atoms with Gasteiger partial charge in [0.1, 0.15) is 31.4 Å². The number of hydrogen-bond donors (Lipinski definition) is 0. The average Bonchev–Trinajstić information content (AvgIpc) is 2.87. The topological polar surface area (TPSA) is 53.5 Å². The standard InChI is InChI=1S/C29H26N2O3/c1-4-13-32-23-10-11-25-24(18-23)29(22-8-6-21(7-9-22)19(2)3)31-28(30-25)17-20-5-12-26-27(16-20)34-15-14-33-26/h1,5-12,16,18-19H,13-15,17H2,2-3H3. The highest BCUT2D eigenvalue weighted by molar-refractivity contribution is 5.93. The molecular weight excluding hydrogens is 424 g/mol. The first-order valence-corrected chi connectivity index (χ1v) is 11.5. The SMILES string of the molecule is C#CCOc1ccc2nc(Cc3ccc4c(c3)OCCO4)nc(-c3ccc(C(C)C)cc3)c2c1. The minimum atomic E-state index is 0.215. The van der Waals surface area contributed by atoms with Crippen LogP contribution in [0.25, 0.3) is 22.2 Å². The number of rotatable bonds is 6. The first-order valence-electron chi connectivity index (χ1n) is 11.5. The Morgan fingerprint density at radius 3 is 2.50 bits per heavy atom. The molecule has 5 rings (SSSR count). The zero-order chi connectivity index (χ0) is 23.5. The second kappa shape index (κ2) is 9.44. The van der Waals surface area contributed by atoms with E-state index in [2.05, 4.69) is 44.0 Å². The number of fused-ring (bicyclic) bond motifs is 2. The van der Waals surface area contributed by atoms with Crippen molar-refractivity contribution in [3.8, 4) is 40.8 Å². The van der Waals surface area contributed by atoms with Crippen LogP contribution in [0.4, 0.5) is 0 Å². The molecule has 0 saturated carbocycles. The molecule has 0 N–H and O–H groups in total. The molecular formula is C29H26N2O3. The normalized spacial score (nSPS) is 12.5. The van der Waals surface area contributed by atoms with E-state index in [1.807, 2.05) is 36.4 Å². The maximum atomic E-state index is 5.75. The second-order valence-electron chi connectivity index (χ2n) is 8.59. The van der Waals surface area contributed by atoms with E-state index in [9.17, 15) is 0 Å². The summed E-state index contributed by atoms with van der Waals surface area (Å²) in [4.78, 5) is 9.85. The number of terminal acetylenes is 1. The monoisotopic (exact) mass is 450 g/mol. The zero-order valence-corrected chi connectivity index (χ0v) is 19.4. The molecule has 0 bridgehead atoms. The molecule has 0 amide bonds. The van der Waals surface area contributed by atoms with E-state index in [1.54, 1.807) is 0 Å². The van der Waals surface area contributed by atoms with Crippen LogP contribution in [-0.4, -0.2) is 29.8 Å². The summed E-state index contributed by atoms with van der Waals surface area (Å²) in [6.45, 7) is 5.73. The third-order valence-corrected chi connectivity index (χ3v) is 5.86. The van der Waals surface area contributed by atoms with Crippen molar-refractivity contribution in [3.63, 3.8) is 0 Å². The number of hydrogen-bond acceptors (Lipinski definition) is 5. The summed E-state index contributed by atoms with van der Waals surface area (Å²) in [6, 6.07) is 20.4. The van der Waals surface area contributed by atoms with E-state index in [-0.39, 0.29) is 6.61 Å². The molecule has 1 aliphatic rings. The Labute approximate surface area is 199 Å². The number of aromatic nitrogens is 2. The van der Waals surface area contributed by atoms with Crippen LogP contribution in [0.3, 0.4) is 0 Å². The van der Waals surface area contributed by atoms with Crippen LogP contribution < -0.4 is 14.2 Å². The van der Waals surface area contributed by atoms with Crippen molar-refractivity contribution < 1.29 is 14.2 Å². The molecule has 0 saturated heterocycles. The molecule has 0 aliphatic carbocycles. The van der Waals surface area contributed by atoms with Gasteiger partial charge in [0.05, 0.1) is 11.2 Å². The Balaban J connectivity index is 1.57. The quantitative estimate of drug-likeness (QED) is 0.348. The van der Waals surface area contributed by atoms with Gasteiger partial charge in [-0.2, -0.15) is 0 Å². The number of ether oxygens (including phenoxy) is 3. The van der Waals surface area contributed by atoms with Gasteiger partial charge in [0.25, 0.3) is 0 Å². The largest absolute Gasteiger partial charge is 0.486 e. The molecule has 0 radical (unpaired) electrons. The van der Waals surface area contributed by atoms with Gasteiger partial charge >= 0.3 is 0 Å². The Bertz CT molecular complexity index is 1370. The van der Waals surface area contributed by atoms with Gasteiger partial charge in [0.15, 0.2) is 11.5 Å². The molecule has 170 valence electrons. The van der Waals surface area contributed by atoms with Gasteiger partial charge in [-0.05, 0) is 47.4 Å². The Morgan fingerprint density at radius 2 is 1.74 bits per heavy atom. The fourth-order valence-corrected chi connectivity index (χ4v) is 4.08. The highest BCUT2D eigenvalue weighted by atomic mass is 16.6. The van der Waals surface area contributed by atoms with E-state index < -0.39 is 0 Å². The molecule has 0 unspecified atom stereocenters. The van der Waals surface area contributed by atoms with Gasteiger partial charge in [-0.25, -0.2) is 9.97 Å².